The lowest BCUT2D eigenvalue weighted by Gasteiger charge is -2.24. The smallest absolute Gasteiger partial charge is 0.248 e. The normalized spacial score (nSPS) is 23.5. The number of para-hydroxylation sites is 1. The fourth-order valence-corrected chi connectivity index (χ4v) is 4.32. The molecule has 5 nitrogen and oxygen atoms in total. The van der Waals surface area contributed by atoms with Crippen molar-refractivity contribution in [1.82, 2.24) is 4.90 Å². The zero-order valence-electron chi connectivity index (χ0n) is 14.0. The highest BCUT2D eigenvalue weighted by molar-refractivity contribution is 7.99. The number of aryl methyl sites for hydroxylation is 1. The second kappa shape index (κ2) is 8.03. The molecule has 1 aromatic rings. The van der Waals surface area contributed by atoms with Crippen LogP contribution >= 0.6 is 11.8 Å². The summed E-state index contributed by atoms with van der Waals surface area (Å²) in [6.45, 7) is 2.77. The van der Waals surface area contributed by atoms with Gasteiger partial charge < -0.3 is 15.0 Å². The van der Waals surface area contributed by atoms with Gasteiger partial charge in [-0.1, -0.05) is 18.2 Å². The van der Waals surface area contributed by atoms with Crippen molar-refractivity contribution in [2.24, 2.45) is 0 Å². The molecular weight excluding hydrogens is 324 g/mol. The molecule has 3 rings (SSSR count). The molecule has 0 spiro atoms. The van der Waals surface area contributed by atoms with Gasteiger partial charge in [0.05, 0.1) is 12.0 Å². The Morgan fingerprint density at radius 2 is 2.21 bits per heavy atom. The van der Waals surface area contributed by atoms with E-state index in [-0.39, 0.29) is 24.0 Å². The van der Waals surface area contributed by atoms with Crippen molar-refractivity contribution in [2.75, 3.05) is 23.6 Å². The fourth-order valence-electron chi connectivity index (χ4n) is 3.13. The summed E-state index contributed by atoms with van der Waals surface area (Å²) < 4.78 is 5.58. The van der Waals surface area contributed by atoms with Crippen molar-refractivity contribution in [3.63, 3.8) is 0 Å². The molecule has 0 bridgehead atoms. The molecule has 1 aromatic carbocycles. The highest BCUT2D eigenvalue weighted by atomic mass is 32.2. The number of hydrogen-bond acceptors (Lipinski definition) is 4. The number of ether oxygens (including phenoxy) is 1. The minimum Gasteiger partial charge on any atom is -0.378 e. The van der Waals surface area contributed by atoms with Crippen LogP contribution in [0.3, 0.4) is 0 Å². The van der Waals surface area contributed by atoms with E-state index in [1.54, 1.807) is 16.7 Å². The fraction of sp³-hybridized carbons (Fsp3) is 0.556. The Hall–Kier alpha value is -1.53. The maximum Gasteiger partial charge on any atom is 0.248 e. The predicted molar refractivity (Wildman–Crippen MR) is 96.0 cm³/mol. The number of hydrogen-bond donors (Lipinski definition) is 1. The van der Waals surface area contributed by atoms with Crippen LogP contribution in [0.4, 0.5) is 5.69 Å². The van der Waals surface area contributed by atoms with Crippen molar-refractivity contribution in [3.8, 4) is 0 Å². The molecular formula is C18H24N2O3S. The van der Waals surface area contributed by atoms with E-state index in [9.17, 15) is 9.59 Å². The number of anilines is 1. The third-order valence-electron chi connectivity index (χ3n) is 4.61. The summed E-state index contributed by atoms with van der Waals surface area (Å²) in [6.07, 6.45) is 3.55. The number of nitrogens with zero attached hydrogens (tertiary/aromatic N) is 1. The van der Waals surface area contributed by atoms with Crippen LogP contribution in [0.25, 0.3) is 0 Å². The molecule has 6 heteroatoms. The lowest BCUT2D eigenvalue weighted by atomic mass is 10.1. The Kier molecular flexibility index (Phi) is 5.79. The zero-order chi connectivity index (χ0) is 16.9. The van der Waals surface area contributed by atoms with Crippen LogP contribution in [-0.4, -0.2) is 47.1 Å². The minimum atomic E-state index is -0.383. The van der Waals surface area contributed by atoms with Gasteiger partial charge in [-0.25, -0.2) is 0 Å². The Morgan fingerprint density at radius 3 is 2.96 bits per heavy atom. The van der Waals surface area contributed by atoms with Gasteiger partial charge >= 0.3 is 0 Å². The number of amides is 2. The molecule has 2 atom stereocenters. The first kappa shape index (κ1) is 17.3. The maximum atomic E-state index is 12.6. The largest absolute Gasteiger partial charge is 0.378 e. The molecule has 0 radical (unpaired) electrons. The Balaban J connectivity index is 1.56. The molecule has 130 valence electrons. The van der Waals surface area contributed by atoms with E-state index in [0.29, 0.717) is 18.1 Å². The van der Waals surface area contributed by atoms with Gasteiger partial charge in [-0.15, -0.1) is 11.8 Å². The highest BCUT2D eigenvalue weighted by Gasteiger charge is 2.34. The van der Waals surface area contributed by atoms with Crippen molar-refractivity contribution in [3.05, 3.63) is 29.8 Å². The lowest BCUT2D eigenvalue weighted by Crippen LogP contribution is -2.44. The first-order valence-electron chi connectivity index (χ1n) is 8.50. The Morgan fingerprint density at radius 1 is 1.38 bits per heavy atom. The first-order valence-corrected chi connectivity index (χ1v) is 9.66. The Labute approximate surface area is 147 Å². The van der Waals surface area contributed by atoms with Gasteiger partial charge in [0.15, 0.2) is 0 Å². The molecule has 2 fully saturated rings. The van der Waals surface area contributed by atoms with Crippen LogP contribution in [0.5, 0.6) is 0 Å². The minimum absolute atomic E-state index is 0.0560. The van der Waals surface area contributed by atoms with Crippen molar-refractivity contribution in [1.29, 1.82) is 0 Å². The quantitative estimate of drug-likeness (QED) is 0.889. The molecule has 0 unspecified atom stereocenters. The average molecular weight is 348 g/mol. The molecule has 2 aliphatic rings. The SMILES string of the molecule is Cc1ccccc1NC(=O)[C@@H]1CSCN1C(=O)CC[C@@H]1CCCO1. The van der Waals surface area contributed by atoms with Crippen LogP contribution in [0.2, 0.25) is 0 Å². The molecule has 1 N–H and O–H groups in total. The molecule has 0 aliphatic carbocycles. The highest BCUT2D eigenvalue weighted by Crippen LogP contribution is 2.25. The number of thioether (sulfide) groups is 1. The molecule has 24 heavy (non-hydrogen) atoms. The van der Waals surface area contributed by atoms with Gasteiger partial charge in [-0.3, -0.25) is 9.59 Å². The maximum absolute atomic E-state index is 12.6. The molecule has 2 saturated heterocycles. The van der Waals surface area contributed by atoms with E-state index in [0.717, 1.165) is 37.1 Å². The van der Waals surface area contributed by atoms with Crippen LogP contribution in [0.15, 0.2) is 24.3 Å². The first-order chi connectivity index (χ1) is 11.6. The topological polar surface area (TPSA) is 58.6 Å². The van der Waals surface area contributed by atoms with Gasteiger partial charge in [-0.2, -0.15) is 0 Å². The van der Waals surface area contributed by atoms with Gasteiger partial charge in [0.1, 0.15) is 6.04 Å². The van der Waals surface area contributed by atoms with Crippen molar-refractivity contribution in [2.45, 2.75) is 44.8 Å². The van der Waals surface area contributed by atoms with Gasteiger partial charge in [0.2, 0.25) is 11.8 Å². The van der Waals surface area contributed by atoms with E-state index in [1.807, 2.05) is 31.2 Å². The second-order valence-corrected chi connectivity index (χ2v) is 7.36. The monoisotopic (exact) mass is 348 g/mol. The van der Waals surface area contributed by atoms with E-state index >= 15 is 0 Å². The zero-order valence-corrected chi connectivity index (χ0v) is 14.8. The van der Waals surface area contributed by atoms with E-state index in [1.165, 1.54) is 0 Å². The summed E-state index contributed by atoms with van der Waals surface area (Å²) in [7, 11) is 0. The Bertz CT molecular complexity index is 602. The van der Waals surface area contributed by atoms with Gasteiger partial charge in [0.25, 0.3) is 0 Å². The van der Waals surface area contributed by atoms with E-state index < -0.39 is 0 Å². The third kappa shape index (κ3) is 4.11. The standard InChI is InChI=1S/C18H24N2O3S/c1-13-5-2-3-7-15(13)19-18(22)16-11-24-12-20(16)17(21)9-8-14-6-4-10-23-14/h2-3,5,7,14,16H,4,6,8-12H2,1H3,(H,19,22)/t14-,16-/m0/s1. The van der Waals surface area contributed by atoms with Crippen LogP contribution in [0.1, 0.15) is 31.2 Å². The van der Waals surface area contributed by atoms with Gasteiger partial charge in [0, 0.05) is 24.5 Å². The van der Waals surface area contributed by atoms with E-state index in [2.05, 4.69) is 5.32 Å². The molecule has 2 aliphatic heterocycles. The molecule has 2 heterocycles. The molecule has 0 aromatic heterocycles. The summed E-state index contributed by atoms with van der Waals surface area (Å²) in [6, 6.07) is 7.31. The number of carbonyl (C=O) groups is 2. The summed E-state index contributed by atoms with van der Waals surface area (Å²) in [4.78, 5) is 26.8. The predicted octanol–water partition coefficient (Wildman–Crippen LogP) is 2.79. The summed E-state index contributed by atoms with van der Waals surface area (Å²) >= 11 is 1.63. The molecule has 2 amide bonds. The van der Waals surface area contributed by atoms with Gasteiger partial charge in [-0.05, 0) is 37.8 Å². The number of nitrogens with one attached hydrogen (secondary N) is 1. The second-order valence-electron chi connectivity index (χ2n) is 6.36. The summed E-state index contributed by atoms with van der Waals surface area (Å²) in [5, 5.41) is 2.96. The van der Waals surface area contributed by atoms with Crippen LogP contribution in [0, 0.1) is 6.92 Å². The van der Waals surface area contributed by atoms with Crippen molar-refractivity contribution < 1.29 is 14.3 Å². The summed E-state index contributed by atoms with van der Waals surface area (Å²) in [5.41, 5.74) is 1.83. The number of benzene rings is 1. The average Bonchev–Trinajstić information content (AvgIpc) is 3.26. The van der Waals surface area contributed by atoms with Crippen LogP contribution in [-0.2, 0) is 14.3 Å². The number of carbonyl (C=O) groups excluding carboxylic acids is 2. The lowest BCUT2D eigenvalue weighted by molar-refractivity contribution is -0.136. The summed E-state index contributed by atoms with van der Waals surface area (Å²) in [5.74, 6) is 1.21. The van der Waals surface area contributed by atoms with Crippen LogP contribution < -0.4 is 5.32 Å². The van der Waals surface area contributed by atoms with Crippen molar-refractivity contribution >= 4 is 29.3 Å². The third-order valence-corrected chi connectivity index (χ3v) is 5.62. The number of rotatable bonds is 5. The van der Waals surface area contributed by atoms with E-state index in [4.69, 9.17) is 4.74 Å². The molecule has 0 saturated carbocycles.